The molecule has 1 saturated heterocycles. The lowest BCUT2D eigenvalue weighted by molar-refractivity contribution is -0.145. The number of aryl methyl sites for hydroxylation is 1. The highest BCUT2D eigenvalue weighted by Crippen LogP contribution is 2.53. The number of amides is 6. The number of unbranched alkanes of at least 4 members (excludes halogenated alkanes) is 2. The lowest BCUT2D eigenvalue weighted by Gasteiger charge is -2.34. The third-order valence-corrected chi connectivity index (χ3v) is 15.1. The van der Waals surface area contributed by atoms with Gasteiger partial charge in [-0.2, -0.15) is 0 Å². The number of carboxylic acids is 1. The lowest BCUT2D eigenvalue weighted by atomic mass is 9.89. The van der Waals surface area contributed by atoms with E-state index in [9.17, 15) is 48.3 Å². The van der Waals surface area contributed by atoms with Gasteiger partial charge < -0.3 is 76.5 Å². The molecule has 3 aliphatic rings. The number of aliphatic carboxylic acids is 1. The molecule has 2 heterocycles. The molecule has 7 atom stereocenters. The lowest BCUT2D eigenvalue weighted by Crippen LogP contribution is -2.57. The van der Waals surface area contributed by atoms with Crippen molar-refractivity contribution in [3.8, 4) is 0 Å². The number of ether oxygens (including phenoxy) is 5. The second kappa shape index (κ2) is 35.9. The van der Waals surface area contributed by atoms with Crippen LogP contribution in [0.15, 0.2) is 29.3 Å². The first-order valence-corrected chi connectivity index (χ1v) is 29.3. The summed E-state index contributed by atoms with van der Waals surface area (Å²) in [5.41, 5.74) is 14.1. The molecule has 10 N–H and O–H groups in total. The fourth-order valence-corrected chi connectivity index (χ4v) is 10.6. The number of anilines is 1. The zero-order chi connectivity index (χ0) is 61.0. The Labute approximate surface area is 490 Å². The fraction of sp³-hybridized carbons (Fsp3) is 0.684. The van der Waals surface area contributed by atoms with Crippen LogP contribution in [0.4, 0.5) is 10.5 Å². The van der Waals surface area contributed by atoms with E-state index in [2.05, 4.69) is 41.9 Å². The van der Waals surface area contributed by atoms with E-state index < -0.39 is 84.7 Å². The number of aromatic nitrogens is 3. The molecule has 1 saturated carbocycles. The second-order valence-electron chi connectivity index (χ2n) is 21.9. The number of benzene rings is 1. The van der Waals surface area contributed by atoms with Crippen molar-refractivity contribution in [2.75, 3.05) is 91.5 Å². The number of fused-ring (bicyclic) bond motifs is 2. The van der Waals surface area contributed by atoms with Gasteiger partial charge in [0, 0.05) is 44.6 Å². The third kappa shape index (κ3) is 23.9. The Morgan fingerprint density at radius 1 is 0.821 bits per heavy atom. The molecular formula is C57H88N12O15. The predicted molar refractivity (Wildman–Crippen MR) is 306 cm³/mol. The maximum atomic E-state index is 14.4. The van der Waals surface area contributed by atoms with Crippen LogP contribution in [0.1, 0.15) is 108 Å². The summed E-state index contributed by atoms with van der Waals surface area (Å²) in [5.74, 6) is -5.39. The van der Waals surface area contributed by atoms with E-state index in [1.807, 2.05) is 4.68 Å². The second-order valence-corrected chi connectivity index (χ2v) is 21.9. The predicted octanol–water partition coefficient (Wildman–Crippen LogP) is 1.22. The van der Waals surface area contributed by atoms with Crippen LogP contribution in [0, 0.1) is 29.6 Å². The number of Topliss-reactive ketones (excluding diaryl/α,β-unsaturated/α-hetero) is 2. The summed E-state index contributed by atoms with van der Waals surface area (Å²) in [6.45, 7) is 8.80. The molecule has 0 radical (unpaired) electrons. The van der Waals surface area contributed by atoms with Gasteiger partial charge in [0.15, 0.2) is 11.7 Å². The van der Waals surface area contributed by atoms with Gasteiger partial charge in [0.05, 0.1) is 103 Å². The van der Waals surface area contributed by atoms with Crippen LogP contribution in [-0.4, -0.2) is 188 Å². The summed E-state index contributed by atoms with van der Waals surface area (Å²) < 4.78 is 30.1. The Morgan fingerprint density at radius 3 is 2.14 bits per heavy atom. The number of nitrogens with one attached hydrogen (secondary N) is 5. The molecule has 84 heavy (non-hydrogen) atoms. The van der Waals surface area contributed by atoms with Crippen LogP contribution in [-0.2, 0) is 87.8 Å². The van der Waals surface area contributed by atoms with Crippen molar-refractivity contribution in [3.63, 3.8) is 0 Å². The van der Waals surface area contributed by atoms with E-state index in [0.717, 1.165) is 56.3 Å². The molecule has 1 aromatic carbocycles. The Hall–Kier alpha value is -7.10. The Morgan fingerprint density at radius 2 is 1.49 bits per heavy atom. The van der Waals surface area contributed by atoms with Crippen molar-refractivity contribution in [2.45, 2.75) is 135 Å². The highest BCUT2D eigenvalue weighted by atomic mass is 16.6. The molecule has 1 aliphatic heterocycles. The number of carbonyl (C=O) groups excluding carboxylic acids is 8. The first-order valence-electron chi connectivity index (χ1n) is 29.3. The van der Waals surface area contributed by atoms with Crippen molar-refractivity contribution in [1.82, 2.24) is 41.2 Å². The molecular weight excluding hydrogens is 1090 g/mol. The zero-order valence-corrected chi connectivity index (χ0v) is 49.1. The SMILES string of the molecule is CC(=O)CCCCCNC(=O)OC[C@@H]1[C@@H]2CCc3nnn(CCOCCOCCOCCOCCC(=O)Nc4ccc(C[C@H]5CC(=O)[C@H](CC(=O)O)NC(=O)CNC(=O)[C@H](CCCN=C(N)N)NC(=O)[C@H](C(C)C)N(C)C5=O)cc4)c3CC[C@@H]21. The van der Waals surface area contributed by atoms with Gasteiger partial charge >= 0.3 is 12.1 Å². The molecule has 6 amide bonds. The first kappa shape index (κ1) is 67.7. The number of carbonyl (C=O) groups is 9. The van der Waals surface area contributed by atoms with Gasteiger partial charge in [-0.1, -0.05) is 37.6 Å². The molecule has 466 valence electrons. The summed E-state index contributed by atoms with van der Waals surface area (Å²) in [7, 11) is 1.42. The van der Waals surface area contributed by atoms with Crippen molar-refractivity contribution in [1.29, 1.82) is 0 Å². The summed E-state index contributed by atoms with van der Waals surface area (Å²) >= 11 is 0. The number of aliphatic imine (C=N–C) groups is 1. The van der Waals surface area contributed by atoms with Crippen LogP contribution in [0.5, 0.6) is 0 Å². The number of guanidine groups is 1. The summed E-state index contributed by atoms with van der Waals surface area (Å²) in [6, 6.07) is 2.80. The summed E-state index contributed by atoms with van der Waals surface area (Å²) in [4.78, 5) is 121. The Kier molecular flexibility index (Phi) is 28.9. The van der Waals surface area contributed by atoms with Gasteiger partial charge in [-0.25, -0.2) is 9.48 Å². The highest BCUT2D eigenvalue weighted by molar-refractivity contribution is 5.98. The van der Waals surface area contributed by atoms with Crippen molar-refractivity contribution >= 4 is 64.8 Å². The van der Waals surface area contributed by atoms with Crippen LogP contribution >= 0.6 is 0 Å². The number of likely N-dealkylation sites (N-methyl/N-ethyl adjacent to an activating group) is 1. The minimum absolute atomic E-state index is 0.0267. The van der Waals surface area contributed by atoms with Crippen molar-refractivity contribution < 1.29 is 71.9 Å². The van der Waals surface area contributed by atoms with Gasteiger partial charge in [-0.15, -0.1) is 5.10 Å². The van der Waals surface area contributed by atoms with Crippen LogP contribution in [0.2, 0.25) is 0 Å². The molecule has 27 nitrogen and oxygen atoms in total. The number of rotatable bonds is 33. The fourth-order valence-electron chi connectivity index (χ4n) is 10.6. The van der Waals surface area contributed by atoms with Crippen molar-refractivity contribution in [3.05, 3.63) is 41.2 Å². The molecule has 2 aliphatic carbocycles. The molecule has 0 spiro atoms. The first-order chi connectivity index (χ1) is 40.3. The molecule has 0 bridgehead atoms. The molecule has 2 aromatic rings. The van der Waals surface area contributed by atoms with Crippen LogP contribution in [0.25, 0.3) is 0 Å². The minimum atomic E-state index is -1.53. The van der Waals surface area contributed by atoms with E-state index in [0.29, 0.717) is 94.8 Å². The summed E-state index contributed by atoms with van der Waals surface area (Å²) in [5, 5.41) is 31.7. The molecule has 5 rings (SSSR count). The standard InChI is InChI=1S/C57H88N12O15/c1-36(2)52-54(77)65-45(10-8-21-60-56(58)59)53(76)62-34-50(73)64-46(33-51(74)75)48(71)32-39(55(78)68(52)4)31-38-11-13-40(14-12-38)63-49(72)19-23-80-25-27-82-29-30-83-28-26-81-24-22-69-47-18-16-42-41(15-17-44(47)66-67-69)43(42)35-84-57(79)61-20-7-5-6-9-37(3)70/h11-14,36,39,41-43,45-46,52H,5-10,15-35H2,1-4H3,(H,61,79)(H,62,76)(H,63,72)(H,64,73)(H,65,77)(H,74,75)(H4,58,59,60)/t39-,41+,42-,43+,45-,46-,52-/m0/s1. The number of nitrogens with two attached hydrogens (primary N) is 2. The maximum absolute atomic E-state index is 14.4. The molecule has 1 aromatic heterocycles. The number of hydrogen-bond acceptors (Lipinski definition) is 17. The Bertz CT molecular complexity index is 2520. The monoisotopic (exact) mass is 1180 g/mol. The number of nitrogens with zero attached hydrogens (tertiary/aromatic N) is 5. The van der Waals surface area contributed by atoms with Gasteiger partial charge in [-0.05, 0) is 106 Å². The number of hydrogen-bond donors (Lipinski definition) is 8. The van der Waals surface area contributed by atoms with E-state index in [4.69, 9.17) is 35.2 Å². The molecule has 2 fully saturated rings. The average Bonchev–Trinajstić information content (AvgIpc) is 2.06. The van der Waals surface area contributed by atoms with E-state index in [1.54, 1.807) is 45.0 Å². The maximum Gasteiger partial charge on any atom is 0.407 e. The van der Waals surface area contributed by atoms with E-state index in [1.165, 1.54) is 11.9 Å². The van der Waals surface area contributed by atoms with Gasteiger partial charge in [-0.3, -0.25) is 38.6 Å². The third-order valence-electron chi connectivity index (χ3n) is 15.1. The minimum Gasteiger partial charge on any atom is -0.481 e. The number of ketones is 2. The normalized spacial score (nSPS) is 21.3. The average molecular weight is 1180 g/mol. The number of alkyl carbamates (subject to hydrolysis) is 1. The molecule has 0 unspecified atom stereocenters. The zero-order valence-electron chi connectivity index (χ0n) is 49.1. The quantitative estimate of drug-likeness (QED) is 0.0283. The van der Waals surface area contributed by atoms with E-state index >= 15 is 0 Å². The van der Waals surface area contributed by atoms with Gasteiger partial charge in [0.1, 0.15) is 17.9 Å². The number of carboxylic acid groups (broad SMARTS) is 1. The van der Waals surface area contributed by atoms with Crippen LogP contribution < -0.4 is 38.1 Å². The van der Waals surface area contributed by atoms with Crippen LogP contribution in [0.3, 0.4) is 0 Å². The van der Waals surface area contributed by atoms with E-state index in [-0.39, 0.29) is 69.2 Å². The molecule has 27 heteroatoms. The van der Waals surface area contributed by atoms with Gasteiger partial charge in [0.2, 0.25) is 29.5 Å². The smallest absolute Gasteiger partial charge is 0.407 e. The topological polar surface area (TPSA) is 379 Å². The summed E-state index contributed by atoms with van der Waals surface area (Å²) in [6.07, 6.45) is 5.56. The largest absolute Gasteiger partial charge is 0.481 e. The highest BCUT2D eigenvalue weighted by Gasteiger charge is 2.50. The van der Waals surface area contributed by atoms with Crippen molar-refractivity contribution in [2.24, 2.45) is 46.0 Å². The van der Waals surface area contributed by atoms with Gasteiger partial charge in [0.25, 0.3) is 0 Å². The Balaban J connectivity index is 0.960.